The van der Waals surface area contributed by atoms with Gasteiger partial charge >= 0.3 is 5.63 Å². The smallest absolute Gasteiger partial charge is 0.336 e. The summed E-state index contributed by atoms with van der Waals surface area (Å²) in [7, 11) is 0. The zero-order valence-corrected chi connectivity index (χ0v) is 12.6. The van der Waals surface area contributed by atoms with E-state index in [-0.39, 0.29) is 5.91 Å². The summed E-state index contributed by atoms with van der Waals surface area (Å²) in [6, 6.07) is 16.0. The summed E-state index contributed by atoms with van der Waals surface area (Å²) in [6.45, 7) is 2.00. The number of carbonyl (C=O) groups is 1. The molecule has 1 amide bonds. The van der Waals surface area contributed by atoms with Gasteiger partial charge in [0.25, 0.3) is 0 Å². The van der Waals surface area contributed by atoms with Crippen molar-refractivity contribution < 1.29 is 9.21 Å². The van der Waals surface area contributed by atoms with Gasteiger partial charge in [-0.05, 0) is 42.8 Å². The van der Waals surface area contributed by atoms with Crippen molar-refractivity contribution in [2.24, 2.45) is 0 Å². The highest BCUT2D eigenvalue weighted by Gasteiger charge is 2.02. The number of amides is 1. The molecular formula is C19H15NO3. The van der Waals surface area contributed by atoms with E-state index >= 15 is 0 Å². The second-order valence-corrected chi connectivity index (χ2v) is 5.24. The molecule has 4 nitrogen and oxygen atoms in total. The topological polar surface area (TPSA) is 59.3 Å². The number of anilines is 1. The minimum Gasteiger partial charge on any atom is -0.423 e. The second-order valence-electron chi connectivity index (χ2n) is 5.24. The molecule has 0 atom stereocenters. The quantitative estimate of drug-likeness (QED) is 0.592. The van der Waals surface area contributed by atoms with Gasteiger partial charge in [-0.15, -0.1) is 0 Å². The van der Waals surface area contributed by atoms with Crippen LogP contribution in [-0.2, 0) is 4.79 Å². The molecule has 23 heavy (non-hydrogen) atoms. The van der Waals surface area contributed by atoms with Gasteiger partial charge in [-0.2, -0.15) is 0 Å². The lowest BCUT2D eigenvalue weighted by Crippen LogP contribution is -2.07. The minimum atomic E-state index is -0.393. The van der Waals surface area contributed by atoms with Crippen LogP contribution in [0.1, 0.15) is 11.1 Å². The van der Waals surface area contributed by atoms with Crippen LogP contribution in [0.5, 0.6) is 0 Å². The Morgan fingerprint density at radius 3 is 2.78 bits per heavy atom. The van der Waals surface area contributed by atoms with E-state index in [1.54, 1.807) is 30.3 Å². The average Bonchev–Trinajstić information content (AvgIpc) is 2.53. The molecule has 1 N–H and O–H groups in total. The van der Waals surface area contributed by atoms with E-state index in [0.717, 1.165) is 16.5 Å². The fourth-order valence-corrected chi connectivity index (χ4v) is 2.28. The molecule has 0 saturated heterocycles. The van der Waals surface area contributed by atoms with Crippen LogP contribution in [0.2, 0.25) is 0 Å². The van der Waals surface area contributed by atoms with Crippen molar-refractivity contribution in [1.29, 1.82) is 0 Å². The minimum absolute atomic E-state index is 0.219. The summed E-state index contributed by atoms with van der Waals surface area (Å²) in [5.41, 5.74) is 2.86. The molecule has 0 spiro atoms. The lowest BCUT2D eigenvalue weighted by atomic mass is 10.1. The maximum Gasteiger partial charge on any atom is 0.336 e. The van der Waals surface area contributed by atoms with Gasteiger partial charge in [0.05, 0.1) is 0 Å². The van der Waals surface area contributed by atoms with E-state index < -0.39 is 5.63 Å². The highest BCUT2D eigenvalue weighted by Crippen LogP contribution is 2.17. The Balaban J connectivity index is 1.75. The molecule has 1 aromatic heterocycles. The molecule has 114 valence electrons. The highest BCUT2D eigenvalue weighted by molar-refractivity contribution is 6.02. The third-order valence-corrected chi connectivity index (χ3v) is 3.36. The van der Waals surface area contributed by atoms with Crippen LogP contribution in [0.25, 0.3) is 17.0 Å². The number of rotatable bonds is 3. The number of nitrogens with one attached hydrogen (secondary N) is 1. The van der Waals surface area contributed by atoms with Gasteiger partial charge in [0.1, 0.15) is 5.58 Å². The molecule has 4 heteroatoms. The Labute approximate surface area is 133 Å². The van der Waals surface area contributed by atoms with Gasteiger partial charge in [-0.25, -0.2) is 4.79 Å². The molecule has 2 aromatic carbocycles. The van der Waals surface area contributed by atoms with Gasteiger partial charge in [0, 0.05) is 23.2 Å². The summed E-state index contributed by atoms with van der Waals surface area (Å²) in [6.07, 6.45) is 3.26. The van der Waals surface area contributed by atoms with E-state index in [2.05, 4.69) is 5.32 Å². The summed E-state index contributed by atoms with van der Waals surface area (Å²) in [5.74, 6) is -0.219. The zero-order chi connectivity index (χ0) is 16.2. The summed E-state index contributed by atoms with van der Waals surface area (Å²) >= 11 is 0. The molecule has 3 rings (SSSR count). The Morgan fingerprint density at radius 2 is 1.96 bits per heavy atom. The van der Waals surface area contributed by atoms with Crippen LogP contribution in [0.4, 0.5) is 5.69 Å². The molecule has 0 saturated carbocycles. The number of hydrogen-bond acceptors (Lipinski definition) is 3. The molecule has 0 fully saturated rings. The standard InChI is InChI=1S/C19H15NO3/c1-13-3-2-4-14(11-13)5-9-18(21)20-16-7-8-17-15(12-16)6-10-19(22)23-17/h2-12H,1H3,(H,20,21)/b9-5+. The highest BCUT2D eigenvalue weighted by atomic mass is 16.4. The molecular weight excluding hydrogens is 290 g/mol. The van der Waals surface area contributed by atoms with E-state index in [9.17, 15) is 9.59 Å². The van der Waals surface area contributed by atoms with Gasteiger partial charge in [0.15, 0.2) is 0 Å². The SMILES string of the molecule is Cc1cccc(/C=C/C(=O)Nc2ccc3oc(=O)ccc3c2)c1. The van der Waals surface area contributed by atoms with Crippen LogP contribution in [-0.4, -0.2) is 5.91 Å². The molecule has 1 heterocycles. The average molecular weight is 305 g/mol. The van der Waals surface area contributed by atoms with Crippen LogP contribution in [0, 0.1) is 6.92 Å². The Kier molecular flexibility index (Phi) is 4.06. The first-order chi connectivity index (χ1) is 11.1. The summed E-state index contributed by atoms with van der Waals surface area (Å²) < 4.78 is 5.06. The lowest BCUT2D eigenvalue weighted by Gasteiger charge is -2.03. The van der Waals surface area contributed by atoms with E-state index in [1.807, 2.05) is 31.2 Å². The predicted octanol–water partition coefficient (Wildman–Crippen LogP) is 3.75. The Bertz CT molecular complexity index is 954. The van der Waals surface area contributed by atoms with Crippen molar-refractivity contribution in [2.75, 3.05) is 5.32 Å². The number of benzene rings is 2. The lowest BCUT2D eigenvalue weighted by molar-refractivity contribution is -0.111. The molecule has 3 aromatic rings. The van der Waals surface area contributed by atoms with Crippen LogP contribution in [0.3, 0.4) is 0 Å². The number of hydrogen-bond donors (Lipinski definition) is 1. The maximum atomic E-state index is 12.0. The number of carbonyl (C=O) groups excluding carboxylic acids is 1. The number of fused-ring (bicyclic) bond motifs is 1. The molecule has 0 radical (unpaired) electrons. The predicted molar refractivity (Wildman–Crippen MR) is 91.3 cm³/mol. The second kappa shape index (κ2) is 6.32. The monoisotopic (exact) mass is 305 g/mol. The van der Waals surface area contributed by atoms with E-state index in [0.29, 0.717) is 11.3 Å². The fourth-order valence-electron chi connectivity index (χ4n) is 2.28. The summed E-state index contributed by atoms with van der Waals surface area (Å²) in [5, 5.41) is 3.54. The van der Waals surface area contributed by atoms with Crippen LogP contribution < -0.4 is 10.9 Å². The molecule has 0 bridgehead atoms. The van der Waals surface area contributed by atoms with Crippen molar-refractivity contribution in [3.05, 3.63) is 82.2 Å². The normalized spacial score (nSPS) is 11.0. The van der Waals surface area contributed by atoms with Crippen molar-refractivity contribution in [3.8, 4) is 0 Å². The maximum absolute atomic E-state index is 12.0. The number of aryl methyl sites for hydroxylation is 1. The third-order valence-electron chi connectivity index (χ3n) is 3.36. The van der Waals surface area contributed by atoms with Crippen molar-refractivity contribution in [3.63, 3.8) is 0 Å². The first-order valence-electron chi connectivity index (χ1n) is 7.20. The molecule has 0 unspecified atom stereocenters. The third kappa shape index (κ3) is 3.74. The Morgan fingerprint density at radius 1 is 1.09 bits per heavy atom. The van der Waals surface area contributed by atoms with Crippen LogP contribution >= 0.6 is 0 Å². The van der Waals surface area contributed by atoms with Crippen molar-refractivity contribution in [2.45, 2.75) is 6.92 Å². The Hall–Kier alpha value is -3.14. The van der Waals surface area contributed by atoms with Gasteiger partial charge in [-0.1, -0.05) is 29.8 Å². The first-order valence-corrected chi connectivity index (χ1v) is 7.20. The summed E-state index contributed by atoms with van der Waals surface area (Å²) in [4.78, 5) is 23.1. The molecule has 0 aliphatic carbocycles. The largest absolute Gasteiger partial charge is 0.423 e. The fraction of sp³-hybridized carbons (Fsp3) is 0.0526. The first kappa shape index (κ1) is 14.8. The van der Waals surface area contributed by atoms with E-state index in [1.165, 1.54) is 12.1 Å². The molecule has 0 aliphatic rings. The van der Waals surface area contributed by atoms with Crippen molar-refractivity contribution in [1.82, 2.24) is 0 Å². The van der Waals surface area contributed by atoms with Crippen LogP contribution in [0.15, 0.2) is 69.9 Å². The van der Waals surface area contributed by atoms with Gasteiger partial charge in [-0.3, -0.25) is 4.79 Å². The van der Waals surface area contributed by atoms with Gasteiger partial charge < -0.3 is 9.73 Å². The van der Waals surface area contributed by atoms with E-state index in [4.69, 9.17) is 4.42 Å². The van der Waals surface area contributed by atoms with Crippen molar-refractivity contribution >= 4 is 28.6 Å². The molecule has 0 aliphatic heterocycles. The zero-order valence-electron chi connectivity index (χ0n) is 12.6. The van der Waals surface area contributed by atoms with Gasteiger partial charge in [0.2, 0.25) is 5.91 Å².